The quantitative estimate of drug-likeness (QED) is 0.774. The maximum Gasteiger partial charge on any atom is 0.337 e. The maximum atomic E-state index is 11.7. The maximum absolute atomic E-state index is 11.7. The van der Waals surface area contributed by atoms with Crippen molar-refractivity contribution in [1.29, 1.82) is 0 Å². The predicted octanol–water partition coefficient (Wildman–Crippen LogP) is 1.45. The van der Waals surface area contributed by atoms with E-state index in [1.165, 1.54) is 24.4 Å². The molecular formula is C12H12ClN5O3. The molecule has 3 N–H and O–H groups in total. The number of urea groups is 1. The molecule has 0 atom stereocenters. The lowest BCUT2D eigenvalue weighted by Gasteiger charge is -2.10. The highest BCUT2D eigenvalue weighted by atomic mass is 35.5. The van der Waals surface area contributed by atoms with Crippen molar-refractivity contribution in [1.82, 2.24) is 20.3 Å². The lowest BCUT2D eigenvalue weighted by atomic mass is 10.2. The normalized spacial score (nSPS) is 10.1. The van der Waals surface area contributed by atoms with Crippen LogP contribution < -0.4 is 10.6 Å². The van der Waals surface area contributed by atoms with Crippen molar-refractivity contribution in [2.45, 2.75) is 6.54 Å². The number of amides is 2. The zero-order chi connectivity index (χ0) is 15.2. The van der Waals surface area contributed by atoms with Gasteiger partial charge in [0.2, 0.25) is 0 Å². The minimum absolute atomic E-state index is 0.0751. The van der Waals surface area contributed by atoms with Gasteiger partial charge in [0, 0.05) is 17.8 Å². The van der Waals surface area contributed by atoms with Crippen molar-refractivity contribution in [2.75, 3.05) is 11.9 Å². The Balaban J connectivity index is 1.92. The minimum Gasteiger partial charge on any atom is -0.478 e. The van der Waals surface area contributed by atoms with Crippen LogP contribution in [0.3, 0.4) is 0 Å². The number of nitrogens with one attached hydrogen (secondary N) is 2. The van der Waals surface area contributed by atoms with Gasteiger partial charge < -0.3 is 15.7 Å². The van der Waals surface area contributed by atoms with E-state index in [2.05, 4.69) is 20.9 Å². The van der Waals surface area contributed by atoms with Gasteiger partial charge in [0.05, 0.1) is 24.0 Å². The summed E-state index contributed by atoms with van der Waals surface area (Å²) < 4.78 is 1.56. The highest BCUT2D eigenvalue weighted by Gasteiger charge is 2.12. The number of aromatic nitrogens is 3. The first-order valence-corrected chi connectivity index (χ1v) is 6.36. The molecule has 1 aromatic heterocycles. The molecule has 0 spiro atoms. The Morgan fingerprint density at radius 2 is 2.19 bits per heavy atom. The van der Waals surface area contributed by atoms with Gasteiger partial charge in [-0.1, -0.05) is 16.8 Å². The first kappa shape index (κ1) is 14.8. The molecule has 0 bridgehead atoms. The Labute approximate surface area is 124 Å². The second-order valence-electron chi connectivity index (χ2n) is 4.04. The molecule has 2 amide bonds. The molecule has 110 valence electrons. The molecule has 0 aliphatic heterocycles. The molecule has 1 heterocycles. The van der Waals surface area contributed by atoms with Crippen molar-refractivity contribution in [3.05, 3.63) is 41.2 Å². The molecule has 0 fully saturated rings. The van der Waals surface area contributed by atoms with Crippen LogP contribution in [0.4, 0.5) is 10.5 Å². The molecule has 0 saturated heterocycles. The summed E-state index contributed by atoms with van der Waals surface area (Å²) in [6.45, 7) is 0.783. The third-order valence-electron chi connectivity index (χ3n) is 2.56. The van der Waals surface area contributed by atoms with Crippen LogP contribution in [0.15, 0.2) is 30.6 Å². The summed E-state index contributed by atoms with van der Waals surface area (Å²) in [7, 11) is 0. The number of carbonyl (C=O) groups excluding carboxylic acids is 1. The van der Waals surface area contributed by atoms with Gasteiger partial charge in [-0.25, -0.2) is 9.59 Å². The Morgan fingerprint density at radius 1 is 1.38 bits per heavy atom. The van der Waals surface area contributed by atoms with Crippen LogP contribution in [0.5, 0.6) is 0 Å². The molecule has 2 rings (SSSR count). The van der Waals surface area contributed by atoms with Gasteiger partial charge in [-0.15, -0.1) is 5.10 Å². The zero-order valence-corrected chi connectivity index (χ0v) is 11.5. The summed E-state index contributed by atoms with van der Waals surface area (Å²) >= 11 is 5.73. The molecule has 0 unspecified atom stereocenters. The van der Waals surface area contributed by atoms with E-state index in [1.54, 1.807) is 10.9 Å². The van der Waals surface area contributed by atoms with Crippen LogP contribution >= 0.6 is 11.6 Å². The van der Waals surface area contributed by atoms with Crippen LogP contribution in [0.25, 0.3) is 0 Å². The summed E-state index contributed by atoms with van der Waals surface area (Å²) in [4.78, 5) is 22.8. The minimum atomic E-state index is -1.17. The number of hydrogen-bond acceptors (Lipinski definition) is 4. The van der Waals surface area contributed by atoms with Crippen LogP contribution in [-0.2, 0) is 6.54 Å². The topological polar surface area (TPSA) is 109 Å². The van der Waals surface area contributed by atoms with Crippen molar-refractivity contribution in [2.24, 2.45) is 0 Å². The fourth-order valence-corrected chi connectivity index (χ4v) is 1.78. The standard InChI is InChI=1S/C12H12ClN5O3/c13-8-1-2-10(9(7-8)11(19)20)16-12(21)14-3-5-18-6-4-15-17-18/h1-2,4,6-7H,3,5H2,(H,19,20)(H2,14,16,21). The molecule has 0 radical (unpaired) electrons. The zero-order valence-electron chi connectivity index (χ0n) is 10.8. The van der Waals surface area contributed by atoms with Gasteiger partial charge in [-0.05, 0) is 18.2 Å². The Bertz CT molecular complexity index is 644. The lowest BCUT2D eigenvalue weighted by molar-refractivity contribution is 0.0698. The fraction of sp³-hybridized carbons (Fsp3) is 0.167. The number of carbonyl (C=O) groups is 2. The number of halogens is 1. The third kappa shape index (κ3) is 4.18. The van der Waals surface area contributed by atoms with Crippen LogP contribution in [0.2, 0.25) is 5.02 Å². The van der Waals surface area contributed by atoms with E-state index in [4.69, 9.17) is 16.7 Å². The highest BCUT2D eigenvalue weighted by Crippen LogP contribution is 2.20. The Kier molecular flexibility index (Phi) is 4.72. The number of aromatic carboxylic acids is 1. The molecule has 9 heteroatoms. The molecule has 1 aromatic carbocycles. The molecule has 21 heavy (non-hydrogen) atoms. The van der Waals surface area contributed by atoms with E-state index in [0.717, 1.165) is 0 Å². The van der Waals surface area contributed by atoms with Gasteiger partial charge in [0.15, 0.2) is 0 Å². The van der Waals surface area contributed by atoms with Gasteiger partial charge in [0.25, 0.3) is 0 Å². The number of nitrogens with zero attached hydrogens (tertiary/aromatic N) is 3. The van der Waals surface area contributed by atoms with E-state index in [9.17, 15) is 9.59 Å². The number of carboxylic acid groups (broad SMARTS) is 1. The Morgan fingerprint density at radius 3 is 2.86 bits per heavy atom. The van der Waals surface area contributed by atoms with Crippen LogP contribution in [0.1, 0.15) is 10.4 Å². The molecule has 0 aliphatic carbocycles. The smallest absolute Gasteiger partial charge is 0.337 e. The van der Waals surface area contributed by atoms with Crippen LogP contribution in [-0.4, -0.2) is 38.6 Å². The van der Waals surface area contributed by atoms with E-state index in [-0.39, 0.29) is 16.3 Å². The number of anilines is 1. The van der Waals surface area contributed by atoms with Crippen molar-refractivity contribution in [3.63, 3.8) is 0 Å². The molecule has 2 aromatic rings. The summed E-state index contributed by atoms with van der Waals surface area (Å²) in [5.41, 5.74) is 0.0964. The number of carboxylic acids is 1. The molecule has 8 nitrogen and oxygen atoms in total. The average Bonchev–Trinajstić information content (AvgIpc) is 2.94. The molecular weight excluding hydrogens is 298 g/mol. The van der Waals surface area contributed by atoms with E-state index in [0.29, 0.717) is 13.1 Å². The van der Waals surface area contributed by atoms with Gasteiger partial charge in [-0.2, -0.15) is 0 Å². The van der Waals surface area contributed by atoms with Crippen molar-refractivity contribution < 1.29 is 14.7 Å². The summed E-state index contributed by atoms with van der Waals surface area (Å²) in [6, 6.07) is 3.69. The lowest BCUT2D eigenvalue weighted by Crippen LogP contribution is -2.32. The average molecular weight is 310 g/mol. The van der Waals surface area contributed by atoms with Crippen molar-refractivity contribution >= 4 is 29.3 Å². The first-order chi connectivity index (χ1) is 10.1. The van der Waals surface area contributed by atoms with Gasteiger partial charge in [-0.3, -0.25) is 4.68 Å². The highest BCUT2D eigenvalue weighted by molar-refractivity contribution is 6.31. The molecule has 0 aliphatic rings. The third-order valence-corrected chi connectivity index (χ3v) is 2.79. The van der Waals surface area contributed by atoms with E-state index < -0.39 is 12.0 Å². The van der Waals surface area contributed by atoms with Gasteiger partial charge in [0.1, 0.15) is 0 Å². The van der Waals surface area contributed by atoms with E-state index >= 15 is 0 Å². The SMILES string of the molecule is O=C(NCCn1ccnn1)Nc1ccc(Cl)cc1C(=O)O. The van der Waals surface area contributed by atoms with E-state index in [1.807, 2.05) is 0 Å². The van der Waals surface area contributed by atoms with Crippen LogP contribution in [0, 0.1) is 0 Å². The fourth-order valence-electron chi connectivity index (χ4n) is 1.60. The largest absolute Gasteiger partial charge is 0.478 e. The van der Waals surface area contributed by atoms with Gasteiger partial charge >= 0.3 is 12.0 Å². The summed E-state index contributed by atoms with van der Waals surface area (Å²) in [5, 5.41) is 21.8. The monoisotopic (exact) mass is 309 g/mol. The summed E-state index contributed by atoms with van der Waals surface area (Å²) in [6.07, 6.45) is 3.20. The number of benzene rings is 1. The molecule has 0 saturated carbocycles. The summed E-state index contributed by atoms with van der Waals surface area (Å²) in [5.74, 6) is -1.17. The second-order valence-corrected chi connectivity index (χ2v) is 4.48. The predicted molar refractivity (Wildman–Crippen MR) is 75.5 cm³/mol. The number of rotatable bonds is 5. The van der Waals surface area contributed by atoms with Crippen molar-refractivity contribution in [3.8, 4) is 0 Å². The number of hydrogen-bond donors (Lipinski definition) is 3. The first-order valence-electron chi connectivity index (χ1n) is 5.98. The Hall–Kier alpha value is -2.61. The second kappa shape index (κ2) is 6.71.